The lowest BCUT2D eigenvalue weighted by atomic mass is 10.1. The molecule has 3 heteroatoms. The number of hydrogen-bond acceptors (Lipinski definition) is 2. The van der Waals surface area contributed by atoms with Crippen LogP contribution in [0.3, 0.4) is 0 Å². The minimum absolute atomic E-state index is 0.586. The molecule has 2 saturated heterocycles. The van der Waals surface area contributed by atoms with Crippen LogP contribution in [0.1, 0.15) is 19.3 Å². The monoisotopic (exact) mass is 236 g/mol. The summed E-state index contributed by atoms with van der Waals surface area (Å²) in [4.78, 5) is 2.61. The Labute approximate surface area is 102 Å². The fourth-order valence-electron chi connectivity index (χ4n) is 3.03. The van der Waals surface area contributed by atoms with Crippen molar-refractivity contribution >= 4 is 17.3 Å². The van der Waals surface area contributed by atoms with Gasteiger partial charge in [-0.05, 0) is 37.9 Å². The van der Waals surface area contributed by atoms with Crippen molar-refractivity contribution in [2.24, 2.45) is 0 Å². The lowest BCUT2D eigenvalue weighted by Gasteiger charge is -2.22. The molecule has 1 aromatic rings. The second-order valence-corrected chi connectivity index (χ2v) is 5.17. The zero-order valence-corrected chi connectivity index (χ0v) is 10.1. The summed E-state index contributed by atoms with van der Waals surface area (Å²) in [7, 11) is 0. The maximum atomic E-state index is 6.17. The molecule has 0 bridgehead atoms. The molecule has 2 atom stereocenters. The summed E-state index contributed by atoms with van der Waals surface area (Å²) in [6.45, 7) is 2.53. The summed E-state index contributed by atoms with van der Waals surface area (Å²) in [5, 5.41) is 4.44. The van der Waals surface area contributed by atoms with Crippen molar-refractivity contribution in [1.29, 1.82) is 0 Å². The summed E-state index contributed by atoms with van der Waals surface area (Å²) in [6, 6.07) is 9.35. The van der Waals surface area contributed by atoms with Crippen LogP contribution in [0.5, 0.6) is 0 Å². The Bertz CT molecular complexity index is 380. The van der Waals surface area contributed by atoms with E-state index in [0.717, 1.165) is 16.8 Å². The van der Waals surface area contributed by atoms with Gasteiger partial charge in [-0.15, -0.1) is 0 Å². The highest BCUT2D eigenvalue weighted by atomic mass is 35.5. The highest BCUT2D eigenvalue weighted by molar-refractivity contribution is 6.33. The molecule has 2 heterocycles. The van der Waals surface area contributed by atoms with Gasteiger partial charge in [0.2, 0.25) is 0 Å². The van der Waals surface area contributed by atoms with Gasteiger partial charge in [-0.25, -0.2) is 0 Å². The minimum Gasteiger partial charge on any atom is -0.379 e. The van der Waals surface area contributed by atoms with Crippen LogP contribution < -0.4 is 5.32 Å². The number of nitrogens with zero attached hydrogens (tertiary/aromatic N) is 1. The molecule has 2 nitrogen and oxygen atoms in total. The van der Waals surface area contributed by atoms with Crippen molar-refractivity contribution in [1.82, 2.24) is 4.90 Å². The number of anilines is 1. The normalized spacial score (nSPS) is 29.3. The van der Waals surface area contributed by atoms with E-state index in [0.29, 0.717) is 6.04 Å². The predicted molar refractivity (Wildman–Crippen MR) is 68.1 cm³/mol. The van der Waals surface area contributed by atoms with Crippen molar-refractivity contribution in [3.63, 3.8) is 0 Å². The van der Waals surface area contributed by atoms with E-state index in [-0.39, 0.29) is 0 Å². The standard InChI is InChI=1S/C13H17ClN2/c14-10-4-1-2-5-11(10)15-12-7-9-16-8-3-6-13(12)16/h1-2,4-5,12-13,15H,3,6-9H2. The smallest absolute Gasteiger partial charge is 0.0637 e. The second kappa shape index (κ2) is 4.27. The molecule has 0 saturated carbocycles. The highest BCUT2D eigenvalue weighted by Crippen LogP contribution is 2.31. The van der Waals surface area contributed by atoms with Crippen LogP contribution in [0, 0.1) is 0 Å². The number of nitrogens with one attached hydrogen (secondary N) is 1. The molecule has 86 valence electrons. The molecule has 0 spiro atoms. The van der Waals surface area contributed by atoms with Crippen LogP contribution in [-0.4, -0.2) is 30.1 Å². The van der Waals surface area contributed by atoms with Crippen LogP contribution in [0.2, 0.25) is 5.02 Å². The average molecular weight is 237 g/mol. The van der Waals surface area contributed by atoms with Gasteiger partial charge in [-0.1, -0.05) is 23.7 Å². The average Bonchev–Trinajstić information content (AvgIpc) is 2.86. The van der Waals surface area contributed by atoms with E-state index in [1.54, 1.807) is 0 Å². The van der Waals surface area contributed by atoms with Gasteiger partial charge in [0, 0.05) is 18.6 Å². The molecular weight excluding hydrogens is 220 g/mol. The largest absolute Gasteiger partial charge is 0.379 e. The van der Waals surface area contributed by atoms with E-state index in [9.17, 15) is 0 Å². The zero-order chi connectivity index (χ0) is 11.0. The molecule has 2 unspecified atom stereocenters. The number of halogens is 1. The number of hydrogen-bond donors (Lipinski definition) is 1. The molecule has 1 N–H and O–H groups in total. The first-order valence-corrected chi connectivity index (χ1v) is 6.47. The van der Waals surface area contributed by atoms with Crippen molar-refractivity contribution in [3.05, 3.63) is 29.3 Å². The molecular formula is C13H17ClN2. The molecule has 2 fully saturated rings. The van der Waals surface area contributed by atoms with Crippen molar-refractivity contribution in [2.75, 3.05) is 18.4 Å². The van der Waals surface area contributed by atoms with Crippen molar-refractivity contribution in [2.45, 2.75) is 31.3 Å². The predicted octanol–water partition coefficient (Wildman–Crippen LogP) is 2.99. The van der Waals surface area contributed by atoms with Gasteiger partial charge < -0.3 is 5.32 Å². The van der Waals surface area contributed by atoms with Crippen molar-refractivity contribution in [3.8, 4) is 0 Å². The first-order valence-electron chi connectivity index (χ1n) is 6.10. The number of rotatable bonds is 2. The lowest BCUT2D eigenvalue weighted by Crippen LogP contribution is -2.33. The second-order valence-electron chi connectivity index (χ2n) is 4.76. The Balaban J connectivity index is 1.73. The number of fused-ring (bicyclic) bond motifs is 1. The summed E-state index contributed by atoms with van der Waals surface area (Å²) < 4.78 is 0. The Kier molecular flexibility index (Phi) is 2.78. The Hall–Kier alpha value is -0.730. The van der Waals surface area contributed by atoms with Gasteiger partial charge in [-0.3, -0.25) is 4.90 Å². The van der Waals surface area contributed by atoms with Gasteiger partial charge in [0.15, 0.2) is 0 Å². The van der Waals surface area contributed by atoms with Gasteiger partial charge in [0.05, 0.1) is 10.7 Å². The Morgan fingerprint density at radius 2 is 2.06 bits per heavy atom. The fraction of sp³-hybridized carbons (Fsp3) is 0.538. The van der Waals surface area contributed by atoms with Crippen LogP contribution >= 0.6 is 11.6 Å². The Morgan fingerprint density at radius 3 is 2.94 bits per heavy atom. The quantitative estimate of drug-likeness (QED) is 0.849. The summed E-state index contributed by atoms with van der Waals surface area (Å²) >= 11 is 6.17. The third kappa shape index (κ3) is 1.80. The van der Waals surface area contributed by atoms with Gasteiger partial charge >= 0.3 is 0 Å². The van der Waals surface area contributed by atoms with E-state index in [1.165, 1.54) is 32.4 Å². The summed E-state index contributed by atoms with van der Waals surface area (Å²) in [6.07, 6.45) is 3.93. The first-order chi connectivity index (χ1) is 7.84. The third-order valence-corrected chi connectivity index (χ3v) is 4.15. The number of para-hydroxylation sites is 1. The van der Waals surface area contributed by atoms with Gasteiger partial charge in [-0.2, -0.15) is 0 Å². The minimum atomic E-state index is 0.586. The molecule has 2 aliphatic heterocycles. The molecule has 16 heavy (non-hydrogen) atoms. The maximum absolute atomic E-state index is 6.17. The molecule has 2 aliphatic rings. The van der Waals surface area contributed by atoms with Crippen LogP contribution in [0.4, 0.5) is 5.69 Å². The molecule has 0 aromatic heterocycles. The van der Waals surface area contributed by atoms with Crippen LogP contribution in [0.25, 0.3) is 0 Å². The van der Waals surface area contributed by atoms with Gasteiger partial charge in [0.25, 0.3) is 0 Å². The SMILES string of the molecule is Clc1ccccc1NC1CCN2CCCC12. The zero-order valence-electron chi connectivity index (χ0n) is 9.32. The lowest BCUT2D eigenvalue weighted by molar-refractivity contribution is 0.318. The van der Waals surface area contributed by atoms with E-state index in [1.807, 2.05) is 18.2 Å². The topological polar surface area (TPSA) is 15.3 Å². The molecule has 1 aromatic carbocycles. The van der Waals surface area contributed by atoms with E-state index in [2.05, 4.69) is 16.3 Å². The van der Waals surface area contributed by atoms with Crippen LogP contribution in [-0.2, 0) is 0 Å². The molecule has 3 rings (SSSR count). The number of benzene rings is 1. The van der Waals surface area contributed by atoms with Crippen LogP contribution in [0.15, 0.2) is 24.3 Å². The van der Waals surface area contributed by atoms with Gasteiger partial charge in [0.1, 0.15) is 0 Å². The molecule has 0 aliphatic carbocycles. The first kappa shape index (κ1) is 10.4. The third-order valence-electron chi connectivity index (χ3n) is 3.82. The van der Waals surface area contributed by atoms with E-state index < -0.39 is 0 Å². The molecule has 0 radical (unpaired) electrons. The molecule has 0 amide bonds. The highest BCUT2D eigenvalue weighted by Gasteiger charge is 2.37. The van der Waals surface area contributed by atoms with E-state index >= 15 is 0 Å². The van der Waals surface area contributed by atoms with Crippen molar-refractivity contribution < 1.29 is 0 Å². The summed E-state index contributed by atoms with van der Waals surface area (Å²) in [5.41, 5.74) is 1.09. The fourth-order valence-corrected chi connectivity index (χ4v) is 3.22. The Morgan fingerprint density at radius 1 is 1.19 bits per heavy atom. The van der Waals surface area contributed by atoms with E-state index in [4.69, 9.17) is 11.6 Å². The maximum Gasteiger partial charge on any atom is 0.0637 e. The summed E-state index contributed by atoms with van der Waals surface area (Å²) in [5.74, 6) is 0.